The van der Waals surface area contributed by atoms with Gasteiger partial charge in [-0.15, -0.1) is 0 Å². The zero-order valence-corrected chi connectivity index (χ0v) is 19.2. The Morgan fingerprint density at radius 3 is 1.67 bits per heavy atom. The summed E-state index contributed by atoms with van der Waals surface area (Å²) in [6.07, 6.45) is 2.08. The molecule has 0 saturated carbocycles. The minimum atomic E-state index is -0.106. The minimum absolute atomic E-state index is 0.106. The van der Waals surface area contributed by atoms with E-state index in [4.69, 9.17) is 5.26 Å². The zero-order valence-electron chi connectivity index (χ0n) is 18.4. The molecular formula is C27H31N2S+. The largest absolute Gasteiger partial charge is 0.291 e. The van der Waals surface area contributed by atoms with Crippen molar-refractivity contribution in [2.45, 2.75) is 54.3 Å². The summed E-state index contributed by atoms with van der Waals surface area (Å²) in [7, 11) is 1.91. The maximum Gasteiger partial charge on any atom is 0.166 e. The molecule has 0 fully saturated rings. The summed E-state index contributed by atoms with van der Waals surface area (Å²) >= 11 is 0. The molecule has 0 spiro atoms. The first kappa shape index (κ1) is 22.2. The number of hydrogen-bond acceptors (Lipinski definition) is 2. The van der Waals surface area contributed by atoms with Crippen LogP contribution in [0.1, 0.15) is 30.0 Å². The average Bonchev–Trinajstić information content (AvgIpc) is 2.76. The van der Waals surface area contributed by atoms with Gasteiger partial charge >= 0.3 is 0 Å². The highest BCUT2D eigenvalue weighted by Gasteiger charge is 2.28. The lowest BCUT2D eigenvalue weighted by Gasteiger charge is -2.21. The van der Waals surface area contributed by atoms with Crippen LogP contribution in [0.25, 0.3) is 0 Å². The molecule has 1 unspecified atom stereocenters. The summed E-state index contributed by atoms with van der Waals surface area (Å²) < 4.78 is 0. The lowest BCUT2D eigenvalue weighted by molar-refractivity contribution is 0.274. The van der Waals surface area contributed by atoms with Gasteiger partial charge in [-0.1, -0.05) is 47.5 Å². The van der Waals surface area contributed by atoms with Crippen LogP contribution in [0.4, 0.5) is 0 Å². The molecule has 0 radical (unpaired) electrons. The predicted molar refractivity (Wildman–Crippen MR) is 127 cm³/mol. The third-order valence-corrected chi connectivity index (χ3v) is 7.83. The molecule has 0 aliphatic rings. The molecule has 0 N–H and O–H groups in total. The third-order valence-electron chi connectivity index (χ3n) is 5.60. The first-order valence-corrected chi connectivity index (χ1v) is 11.7. The van der Waals surface area contributed by atoms with Crippen molar-refractivity contribution in [3.8, 4) is 6.07 Å². The van der Waals surface area contributed by atoms with Gasteiger partial charge in [-0.2, -0.15) is 5.26 Å². The molecule has 30 heavy (non-hydrogen) atoms. The number of hydrogen-bond donors (Lipinski definition) is 0. The Morgan fingerprint density at radius 1 is 0.800 bits per heavy atom. The monoisotopic (exact) mass is 415 g/mol. The van der Waals surface area contributed by atoms with E-state index >= 15 is 0 Å². The second-order valence-corrected chi connectivity index (χ2v) is 10.1. The Hall–Kier alpha value is -2.54. The third kappa shape index (κ3) is 5.75. The molecule has 3 heteroatoms. The van der Waals surface area contributed by atoms with Gasteiger partial charge in [0.2, 0.25) is 0 Å². The fraction of sp³-hybridized carbons (Fsp3) is 0.296. The molecule has 3 rings (SSSR count). The SMILES string of the molecule is Cc1ccc([S+](c2ccc(C)cc2)c2ccc(CCC(C)N(C)CC#N)cc2)cc1. The summed E-state index contributed by atoms with van der Waals surface area (Å²) in [6.45, 7) is 6.95. The Labute approximate surface area is 184 Å². The summed E-state index contributed by atoms with van der Waals surface area (Å²) in [5, 5.41) is 8.88. The van der Waals surface area contributed by atoms with Crippen molar-refractivity contribution >= 4 is 10.9 Å². The van der Waals surface area contributed by atoms with Gasteiger partial charge in [0, 0.05) is 6.04 Å². The van der Waals surface area contributed by atoms with Gasteiger partial charge in [0.05, 0.1) is 23.5 Å². The molecule has 0 bridgehead atoms. The predicted octanol–water partition coefficient (Wildman–Crippen LogP) is 6.18. The molecule has 0 aliphatic heterocycles. The van der Waals surface area contributed by atoms with Crippen LogP contribution in [0, 0.1) is 25.2 Å². The molecule has 1 atom stereocenters. The van der Waals surface area contributed by atoms with Crippen molar-refractivity contribution in [1.82, 2.24) is 4.90 Å². The van der Waals surface area contributed by atoms with Crippen LogP contribution < -0.4 is 0 Å². The average molecular weight is 416 g/mol. The van der Waals surface area contributed by atoms with Crippen molar-refractivity contribution in [2.24, 2.45) is 0 Å². The van der Waals surface area contributed by atoms with E-state index in [1.165, 1.54) is 31.4 Å². The van der Waals surface area contributed by atoms with Crippen LogP contribution in [0.15, 0.2) is 87.5 Å². The highest BCUT2D eigenvalue weighted by molar-refractivity contribution is 7.97. The number of nitriles is 1. The standard InChI is InChI=1S/C27H31N2S/c1-21-5-13-25(14-6-21)30(26-15-7-22(2)8-16-26)27-17-11-24(12-18-27)10-9-23(3)29(4)20-19-28/h5-8,11-18,23H,9-10,20H2,1-4H3/q+1. The van der Waals surface area contributed by atoms with Gasteiger partial charge in [-0.05, 0) is 82.6 Å². The fourth-order valence-corrected chi connectivity index (χ4v) is 5.45. The molecule has 0 aromatic heterocycles. The van der Waals surface area contributed by atoms with Crippen LogP contribution >= 0.6 is 0 Å². The van der Waals surface area contributed by atoms with E-state index in [2.05, 4.69) is 105 Å². The topological polar surface area (TPSA) is 27.0 Å². The van der Waals surface area contributed by atoms with Gasteiger partial charge in [0.25, 0.3) is 0 Å². The second kappa shape index (κ2) is 10.5. The highest BCUT2D eigenvalue weighted by atomic mass is 32.2. The lowest BCUT2D eigenvalue weighted by Crippen LogP contribution is -2.29. The van der Waals surface area contributed by atoms with Crippen molar-refractivity contribution in [3.63, 3.8) is 0 Å². The first-order chi connectivity index (χ1) is 14.5. The van der Waals surface area contributed by atoms with Crippen LogP contribution in [-0.2, 0) is 17.3 Å². The number of rotatable bonds is 8. The van der Waals surface area contributed by atoms with Gasteiger partial charge in [-0.3, -0.25) is 4.90 Å². The van der Waals surface area contributed by atoms with E-state index in [-0.39, 0.29) is 10.9 Å². The highest BCUT2D eigenvalue weighted by Crippen LogP contribution is 2.32. The van der Waals surface area contributed by atoms with E-state index in [0.29, 0.717) is 12.6 Å². The van der Waals surface area contributed by atoms with E-state index in [1.54, 1.807) is 0 Å². The summed E-state index contributed by atoms with van der Waals surface area (Å²) in [4.78, 5) is 6.16. The fourth-order valence-electron chi connectivity index (χ4n) is 3.41. The Morgan fingerprint density at radius 2 is 1.23 bits per heavy atom. The maximum atomic E-state index is 8.88. The van der Waals surface area contributed by atoms with E-state index in [1.807, 2.05) is 7.05 Å². The molecule has 3 aromatic rings. The summed E-state index contributed by atoms with van der Waals surface area (Å²) in [5.74, 6) is 0. The van der Waals surface area contributed by atoms with Crippen LogP contribution in [0.2, 0.25) is 0 Å². The van der Waals surface area contributed by atoms with Crippen molar-refractivity contribution in [1.29, 1.82) is 5.26 Å². The number of benzene rings is 3. The number of aryl methyl sites for hydroxylation is 3. The number of nitrogens with zero attached hydrogens (tertiary/aromatic N) is 2. The Kier molecular flexibility index (Phi) is 7.74. The Balaban J connectivity index is 1.81. The van der Waals surface area contributed by atoms with Crippen molar-refractivity contribution in [3.05, 3.63) is 89.5 Å². The van der Waals surface area contributed by atoms with Gasteiger partial charge in [0.1, 0.15) is 0 Å². The van der Waals surface area contributed by atoms with Crippen LogP contribution in [0.5, 0.6) is 0 Å². The van der Waals surface area contributed by atoms with Crippen LogP contribution in [-0.4, -0.2) is 24.5 Å². The zero-order chi connectivity index (χ0) is 21.5. The van der Waals surface area contributed by atoms with E-state index < -0.39 is 0 Å². The lowest BCUT2D eigenvalue weighted by atomic mass is 10.1. The van der Waals surface area contributed by atoms with Crippen molar-refractivity contribution < 1.29 is 0 Å². The van der Waals surface area contributed by atoms with E-state index in [0.717, 1.165) is 12.8 Å². The molecule has 0 amide bonds. The molecule has 0 aliphatic carbocycles. The van der Waals surface area contributed by atoms with Gasteiger partial charge in [-0.25, -0.2) is 0 Å². The maximum absolute atomic E-state index is 8.88. The first-order valence-electron chi connectivity index (χ1n) is 10.5. The smallest absolute Gasteiger partial charge is 0.166 e. The molecule has 0 heterocycles. The summed E-state index contributed by atoms with van der Waals surface area (Å²) in [5.41, 5.74) is 3.93. The van der Waals surface area contributed by atoms with Gasteiger partial charge < -0.3 is 0 Å². The quantitative estimate of drug-likeness (QED) is 0.325. The van der Waals surface area contributed by atoms with E-state index in [9.17, 15) is 0 Å². The minimum Gasteiger partial charge on any atom is -0.291 e. The molecule has 0 saturated heterocycles. The molecular weight excluding hydrogens is 384 g/mol. The molecule has 3 aromatic carbocycles. The van der Waals surface area contributed by atoms with Crippen LogP contribution in [0.3, 0.4) is 0 Å². The Bertz CT molecular complexity index is 924. The second-order valence-electron chi connectivity index (χ2n) is 8.04. The normalized spacial score (nSPS) is 12.2. The van der Waals surface area contributed by atoms with Gasteiger partial charge in [0.15, 0.2) is 14.7 Å². The molecule has 154 valence electrons. The summed E-state index contributed by atoms with van der Waals surface area (Å²) in [6, 6.07) is 29.6. The molecule has 2 nitrogen and oxygen atoms in total. The van der Waals surface area contributed by atoms with Crippen molar-refractivity contribution in [2.75, 3.05) is 13.6 Å².